The van der Waals surface area contributed by atoms with Gasteiger partial charge in [0.15, 0.2) is 0 Å². The molecule has 0 bridgehead atoms. The summed E-state index contributed by atoms with van der Waals surface area (Å²) in [7, 11) is 0. The molecule has 2 aliphatic heterocycles. The molecule has 4 aromatic carbocycles. The molecule has 0 spiro atoms. The smallest absolute Gasteiger partial charge is 0.338 e. The number of esters is 4. The average Bonchev–Trinajstić information content (AvgIpc) is 3.85. The zero-order chi connectivity index (χ0) is 38.2. The number of benzene rings is 4. The number of carbonyl (C=O) groups excluding carboxylic acids is 4. The average molecular weight is 797 g/mol. The molecule has 0 aromatic heterocycles. The number of rotatable bonds is 12. The van der Waals surface area contributed by atoms with Crippen LogP contribution in [0.1, 0.15) is 91.4 Å². The number of ether oxygens (including phenoxy) is 4. The first-order valence-electron chi connectivity index (χ1n) is 17.3. The largest absolute Gasteiger partial charge is 0.462 e. The molecule has 0 radical (unpaired) electrons. The van der Waals surface area contributed by atoms with E-state index in [4.69, 9.17) is 18.9 Å². The van der Waals surface area contributed by atoms with E-state index in [-0.39, 0.29) is 23.9 Å². The molecule has 54 heavy (non-hydrogen) atoms. The Bertz CT molecular complexity index is 1850. The Morgan fingerprint density at radius 1 is 0.352 bits per heavy atom. The van der Waals surface area contributed by atoms with Crippen molar-refractivity contribution in [1.29, 1.82) is 0 Å². The monoisotopic (exact) mass is 796 g/mol. The lowest BCUT2D eigenvalue weighted by atomic mass is 10.1. The van der Waals surface area contributed by atoms with Crippen molar-refractivity contribution in [3.05, 3.63) is 150 Å². The van der Waals surface area contributed by atoms with Crippen molar-refractivity contribution in [3.8, 4) is 0 Å². The Balaban J connectivity index is 1.38. The van der Waals surface area contributed by atoms with Crippen LogP contribution < -0.4 is 0 Å². The molecule has 0 atom stereocenters. The zero-order valence-electron chi connectivity index (χ0n) is 30.0. The molecule has 12 heteroatoms. The Labute approximate surface area is 331 Å². The summed E-state index contributed by atoms with van der Waals surface area (Å²) < 4.78 is 23.0. The second-order valence-electron chi connectivity index (χ2n) is 11.5. The highest BCUT2D eigenvalue weighted by Gasteiger charge is 2.32. The van der Waals surface area contributed by atoms with Gasteiger partial charge in [0.1, 0.15) is 0 Å². The molecular formula is C42H36O8S4. The van der Waals surface area contributed by atoms with Crippen molar-refractivity contribution in [2.24, 2.45) is 0 Å². The lowest BCUT2D eigenvalue weighted by Gasteiger charge is -2.08. The van der Waals surface area contributed by atoms with Gasteiger partial charge in [-0.1, -0.05) is 95.6 Å². The zero-order valence-corrected chi connectivity index (χ0v) is 33.2. The first-order chi connectivity index (χ1) is 26.2. The van der Waals surface area contributed by atoms with E-state index >= 15 is 0 Å². The Morgan fingerprint density at radius 2 is 0.537 bits per heavy atom. The fraction of sp³-hybridized carbons (Fsp3) is 0.190. The van der Waals surface area contributed by atoms with Crippen LogP contribution in [0.15, 0.2) is 106 Å². The van der Waals surface area contributed by atoms with E-state index in [9.17, 15) is 19.2 Å². The molecule has 0 aliphatic carbocycles. The van der Waals surface area contributed by atoms with Crippen molar-refractivity contribution < 1.29 is 38.1 Å². The van der Waals surface area contributed by atoms with Crippen LogP contribution in [0.4, 0.5) is 0 Å². The maximum Gasteiger partial charge on any atom is 0.338 e. The van der Waals surface area contributed by atoms with Gasteiger partial charge in [0.2, 0.25) is 0 Å². The summed E-state index contributed by atoms with van der Waals surface area (Å²) >= 11 is 6.60. The predicted octanol–water partition coefficient (Wildman–Crippen LogP) is 10.8. The number of hydrogen-bond donors (Lipinski definition) is 0. The van der Waals surface area contributed by atoms with Gasteiger partial charge in [-0.25, -0.2) is 19.2 Å². The Morgan fingerprint density at radius 3 is 0.704 bits per heavy atom. The molecule has 6 rings (SSSR count). The molecule has 0 unspecified atom stereocenters. The molecule has 276 valence electrons. The minimum absolute atomic E-state index is 0.291. The van der Waals surface area contributed by atoms with Gasteiger partial charge in [0.25, 0.3) is 0 Å². The highest BCUT2D eigenvalue weighted by molar-refractivity contribution is 8.39. The van der Waals surface area contributed by atoms with Gasteiger partial charge in [-0.05, 0) is 98.5 Å². The standard InChI is InChI=1S/C42H36O8S4/c1-5-47-37(43)29-17-9-25(10-18-29)33-34(26-11-19-30(20-12-26)38(44)48-6-2)52-41(51-33)42-53-35(27-13-21-31(22-14-27)39(45)49-7-3)36(54-42)28-15-23-32(24-16-28)40(46)50-8-4/h9-24H,5-8H2,1-4H3. The van der Waals surface area contributed by atoms with E-state index < -0.39 is 0 Å². The molecule has 2 aliphatic rings. The van der Waals surface area contributed by atoms with Crippen molar-refractivity contribution in [2.75, 3.05) is 26.4 Å². The van der Waals surface area contributed by atoms with Crippen LogP contribution in [0.2, 0.25) is 0 Å². The van der Waals surface area contributed by atoms with Crippen LogP contribution in [0.5, 0.6) is 0 Å². The quantitative estimate of drug-likeness (QED) is 0.101. The molecule has 4 aromatic rings. The second kappa shape index (κ2) is 18.1. The van der Waals surface area contributed by atoms with Gasteiger partial charge in [0.05, 0.1) is 57.2 Å². The molecule has 2 heterocycles. The van der Waals surface area contributed by atoms with Gasteiger partial charge in [0, 0.05) is 19.6 Å². The summed E-state index contributed by atoms with van der Waals surface area (Å²) in [6.45, 7) is 8.28. The summed E-state index contributed by atoms with van der Waals surface area (Å²) in [5, 5.41) is 0. The van der Waals surface area contributed by atoms with Crippen LogP contribution >= 0.6 is 47.0 Å². The van der Waals surface area contributed by atoms with Gasteiger partial charge in [-0.2, -0.15) is 0 Å². The summed E-state index contributed by atoms with van der Waals surface area (Å²) in [6, 6.07) is 29.6. The summed E-state index contributed by atoms with van der Waals surface area (Å²) in [5.41, 5.74) is 5.63. The molecule has 0 amide bonds. The third kappa shape index (κ3) is 8.84. The molecule has 0 saturated heterocycles. The van der Waals surface area contributed by atoms with E-state index in [1.807, 2.05) is 48.5 Å². The maximum atomic E-state index is 12.4. The SMILES string of the molecule is CCOC(=O)c1ccc(C2=C(c3ccc(C(=O)OCC)cc3)SC(=C3SC(c4ccc(C(=O)OCC)cc4)=C(c4ccc(C(=O)OCC)cc4)S3)S2)cc1. The van der Waals surface area contributed by atoms with Crippen LogP contribution in [-0.2, 0) is 18.9 Å². The van der Waals surface area contributed by atoms with E-state index in [0.29, 0.717) is 48.7 Å². The summed E-state index contributed by atoms with van der Waals surface area (Å²) in [5.74, 6) is -1.50. The Kier molecular flexibility index (Phi) is 13.1. The van der Waals surface area contributed by atoms with Crippen LogP contribution in [0.3, 0.4) is 0 Å². The predicted molar refractivity (Wildman–Crippen MR) is 221 cm³/mol. The number of hydrogen-bond acceptors (Lipinski definition) is 12. The van der Waals surface area contributed by atoms with Crippen LogP contribution in [-0.4, -0.2) is 50.3 Å². The maximum absolute atomic E-state index is 12.4. The molecule has 0 fully saturated rings. The first kappa shape index (κ1) is 39.1. The van der Waals surface area contributed by atoms with E-state index in [1.165, 1.54) is 0 Å². The van der Waals surface area contributed by atoms with Gasteiger partial charge in [-0.3, -0.25) is 0 Å². The van der Waals surface area contributed by atoms with Crippen molar-refractivity contribution >= 4 is 90.5 Å². The summed E-state index contributed by atoms with van der Waals surface area (Å²) in [4.78, 5) is 53.8. The van der Waals surface area contributed by atoms with Crippen LogP contribution in [0.25, 0.3) is 19.6 Å². The van der Waals surface area contributed by atoms with Crippen LogP contribution in [0, 0.1) is 0 Å². The van der Waals surface area contributed by atoms with Gasteiger partial charge in [-0.15, -0.1) is 0 Å². The molecule has 8 nitrogen and oxygen atoms in total. The van der Waals surface area contributed by atoms with E-state index in [0.717, 1.165) is 50.3 Å². The first-order valence-corrected chi connectivity index (χ1v) is 20.6. The van der Waals surface area contributed by atoms with Crippen molar-refractivity contribution in [2.45, 2.75) is 27.7 Å². The Hall–Kier alpha value is -4.62. The second-order valence-corrected chi connectivity index (χ2v) is 16.1. The number of thioether (sulfide) groups is 4. The molecule has 0 N–H and O–H groups in total. The van der Waals surface area contributed by atoms with E-state index in [2.05, 4.69) is 0 Å². The fourth-order valence-corrected chi connectivity index (χ4v) is 11.2. The lowest BCUT2D eigenvalue weighted by molar-refractivity contribution is 0.0516. The third-order valence-electron chi connectivity index (χ3n) is 7.99. The lowest BCUT2D eigenvalue weighted by Crippen LogP contribution is -2.04. The molecular weight excluding hydrogens is 761 g/mol. The summed E-state index contributed by atoms with van der Waals surface area (Å²) in [6.07, 6.45) is 0. The van der Waals surface area contributed by atoms with Gasteiger partial charge < -0.3 is 18.9 Å². The van der Waals surface area contributed by atoms with Crippen molar-refractivity contribution in [1.82, 2.24) is 0 Å². The van der Waals surface area contributed by atoms with Crippen molar-refractivity contribution in [3.63, 3.8) is 0 Å². The fourth-order valence-electron chi connectivity index (χ4n) is 5.41. The van der Waals surface area contributed by atoms with Gasteiger partial charge >= 0.3 is 23.9 Å². The highest BCUT2D eigenvalue weighted by atomic mass is 32.2. The molecule has 0 saturated carbocycles. The normalized spacial score (nSPS) is 14.0. The topological polar surface area (TPSA) is 105 Å². The highest BCUT2D eigenvalue weighted by Crippen LogP contribution is 2.66. The number of carbonyl (C=O) groups is 4. The van der Waals surface area contributed by atoms with E-state index in [1.54, 1.807) is 123 Å². The third-order valence-corrected chi connectivity index (χ3v) is 13.9. The minimum atomic E-state index is -0.375. The minimum Gasteiger partial charge on any atom is -0.462 e.